The van der Waals surface area contributed by atoms with Crippen LogP contribution in [-0.2, 0) is 20.9 Å². The molecular weight excluding hydrogens is 406 g/mol. The van der Waals surface area contributed by atoms with Crippen molar-refractivity contribution < 1.29 is 14.3 Å². The zero-order valence-electron chi connectivity index (χ0n) is 19.2. The molecule has 2 heterocycles. The number of carbonyl (C=O) groups is 2. The second kappa shape index (κ2) is 9.83. The first-order chi connectivity index (χ1) is 15.4. The van der Waals surface area contributed by atoms with Gasteiger partial charge in [0.2, 0.25) is 11.8 Å². The number of ether oxygens (including phenoxy) is 1. The SMILES string of the molecule is Cc1ccc(CN2C[C@@H](n3cc(NC(=O)C4CC4)cn3)C[C@H]2COCC(=O)N(C)C)cc1. The molecule has 1 aliphatic carbocycles. The number of nitrogens with one attached hydrogen (secondary N) is 1. The summed E-state index contributed by atoms with van der Waals surface area (Å²) in [4.78, 5) is 27.9. The molecule has 2 fully saturated rings. The predicted octanol–water partition coefficient (Wildman–Crippen LogP) is 2.46. The molecule has 2 aliphatic rings. The van der Waals surface area contributed by atoms with E-state index in [0.717, 1.165) is 38.0 Å². The van der Waals surface area contributed by atoms with E-state index in [1.165, 1.54) is 11.1 Å². The molecule has 1 aliphatic heterocycles. The van der Waals surface area contributed by atoms with Gasteiger partial charge in [-0.3, -0.25) is 19.2 Å². The first-order valence-electron chi connectivity index (χ1n) is 11.3. The maximum absolute atomic E-state index is 12.1. The van der Waals surface area contributed by atoms with E-state index in [1.807, 2.05) is 10.9 Å². The van der Waals surface area contributed by atoms with Crippen LogP contribution in [0.5, 0.6) is 0 Å². The van der Waals surface area contributed by atoms with Gasteiger partial charge in [0.05, 0.1) is 24.5 Å². The first kappa shape index (κ1) is 22.5. The van der Waals surface area contributed by atoms with E-state index < -0.39 is 0 Å². The predicted molar refractivity (Wildman–Crippen MR) is 122 cm³/mol. The van der Waals surface area contributed by atoms with Crippen LogP contribution in [0.1, 0.15) is 36.4 Å². The maximum atomic E-state index is 12.1. The van der Waals surface area contributed by atoms with Crippen LogP contribution in [0.2, 0.25) is 0 Å². The van der Waals surface area contributed by atoms with Gasteiger partial charge in [0.25, 0.3) is 0 Å². The molecule has 2 atom stereocenters. The van der Waals surface area contributed by atoms with Crippen LogP contribution in [0.4, 0.5) is 5.69 Å². The van der Waals surface area contributed by atoms with E-state index in [0.29, 0.717) is 6.61 Å². The smallest absolute Gasteiger partial charge is 0.248 e. The Hall–Kier alpha value is -2.71. The average Bonchev–Trinajstić information content (AvgIpc) is 3.40. The molecule has 1 N–H and O–H groups in total. The van der Waals surface area contributed by atoms with Crippen molar-refractivity contribution in [2.24, 2.45) is 5.92 Å². The zero-order valence-corrected chi connectivity index (χ0v) is 19.2. The maximum Gasteiger partial charge on any atom is 0.248 e. The molecule has 2 amide bonds. The Morgan fingerprint density at radius 1 is 1.22 bits per heavy atom. The van der Waals surface area contributed by atoms with Crippen LogP contribution in [0.15, 0.2) is 36.7 Å². The molecule has 8 nitrogen and oxygen atoms in total. The fourth-order valence-electron chi connectivity index (χ4n) is 4.05. The number of amides is 2. The van der Waals surface area contributed by atoms with Crippen LogP contribution >= 0.6 is 0 Å². The number of likely N-dealkylation sites (tertiary alicyclic amines) is 1. The van der Waals surface area contributed by atoms with Crippen molar-refractivity contribution in [3.05, 3.63) is 47.8 Å². The van der Waals surface area contributed by atoms with Crippen molar-refractivity contribution in [3.8, 4) is 0 Å². The molecule has 1 aromatic carbocycles. The third-order valence-electron chi connectivity index (χ3n) is 6.24. The highest BCUT2D eigenvalue weighted by Crippen LogP contribution is 2.32. The van der Waals surface area contributed by atoms with Crippen molar-refractivity contribution in [3.63, 3.8) is 0 Å². The van der Waals surface area contributed by atoms with Crippen LogP contribution in [0.25, 0.3) is 0 Å². The van der Waals surface area contributed by atoms with E-state index in [-0.39, 0.29) is 36.4 Å². The lowest BCUT2D eigenvalue weighted by molar-refractivity contribution is -0.134. The average molecular weight is 440 g/mol. The summed E-state index contributed by atoms with van der Waals surface area (Å²) in [6.45, 7) is 4.33. The molecule has 1 saturated heterocycles. The topological polar surface area (TPSA) is 79.7 Å². The molecule has 0 unspecified atom stereocenters. The van der Waals surface area contributed by atoms with Crippen molar-refractivity contribution >= 4 is 17.5 Å². The van der Waals surface area contributed by atoms with E-state index >= 15 is 0 Å². The number of anilines is 1. The Labute approximate surface area is 189 Å². The highest BCUT2D eigenvalue weighted by atomic mass is 16.5. The van der Waals surface area contributed by atoms with E-state index in [1.54, 1.807) is 25.2 Å². The number of carbonyl (C=O) groups excluding carboxylic acids is 2. The second-order valence-electron chi connectivity index (χ2n) is 9.23. The highest BCUT2D eigenvalue weighted by Gasteiger charge is 2.34. The van der Waals surface area contributed by atoms with Crippen LogP contribution in [0, 0.1) is 12.8 Å². The van der Waals surface area contributed by atoms with Crippen LogP contribution in [-0.4, -0.2) is 71.3 Å². The lowest BCUT2D eigenvalue weighted by Gasteiger charge is -2.24. The fraction of sp³-hybridized carbons (Fsp3) is 0.542. The van der Waals surface area contributed by atoms with Crippen molar-refractivity contribution in [1.29, 1.82) is 0 Å². The van der Waals surface area contributed by atoms with Gasteiger partial charge in [0, 0.05) is 45.3 Å². The van der Waals surface area contributed by atoms with Gasteiger partial charge < -0.3 is 15.0 Å². The molecule has 1 aromatic heterocycles. The summed E-state index contributed by atoms with van der Waals surface area (Å²) in [5.41, 5.74) is 3.25. The van der Waals surface area contributed by atoms with Gasteiger partial charge in [0.15, 0.2) is 0 Å². The number of rotatable bonds is 9. The summed E-state index contributed by atoms with van der Waals surface area (Å²) in [6.07, 6.45) is 6.49. The Morgan fingerprint density at radius 3 is 2.66 bits per heavy atom. The van der Waals surface area contributed by atoms with Gasteiger partial charge in [-0.25, -0.2) is 0 Å². The molecule has 0 bridgehead atoms. The molecule has 4 rings (SSSR count). The Morgan fingerprint density at radius 2 is 1.97 bits per heavy atom. The summed E-state index contributed by atoms with van der Waals surface area (Å²) in [6, 6.07) is 8.96. The second-order valence-corrected chi connectivity index (χ2v) is 9.23. The number of hydrogen-bond donors (Lipinski definition) is 1. The molecule has 2 aromatic rings. The number of aryl methyl sites for hydroxylation is 1. The molecule has 32 heavy (non-hydrogen) atoms. The Kier molecular flexibility index (Phi) is 6.91. The minimum absolute atomic E-state index is 0.0345. The zero-order chi connectivity index (χ0) is 22.7. The van der Waals surface area contributed by atoms with E-state index in [2.05, 4.69) is 46.5 Å². The molecule has 1 saturated carbocycles. The number of nitrogens with zero attached hydrogens (tertiary/aromatic N) is 4. The third-order valence-corrected chi connectivity index (χ3v) is 6.24. The summed E-state index contributed by atoms with van der Waals surface area (Å²) in [7, 11) is 3.47. The number of benzene rings is 1. The third kappa shape index (κ3) is 5.75. The summed E-state index contributed by atoms with van der Waals surface area (Å²) in [5.74, 6) is 0.225. The standard InChI is InChI=1S/C24H33N5O3/c1-17-4-6-18(7-5-17)12-28-14-21(10-22(28)15-32-16-23(30)27(2)3)29-13-20(11-25-29)26-24(31)19-8-9-19/h4-7,11,13,19,21-22H,8-10,12,14-16H2,1-3H3,(H,26,31)/t21-,22-/m0/s1. The quantitative estimate of drug-likeness (QED) is 0.649. The van der Waals surface area contributed by atoms with Gasteiger partial charge in [-0.2, -0.15) is 5.10 Å². The minimum Gasteiger partial charge on any atom is -0.370 e. The molecular formula is C24H33N5O3. The van der Waals surface area contributed by atoms with Gasteiger partial charge in [0.1, 0.15) is 6.61 Å². The van der Waals surface area contributed by atoms with Crippen LogP contribution < -0.4 is 5.32 Å². The van der Waals surface area contributed by atoms with E-state index in [9.17, 15) is 9.59 Å². The van der Waals surface area contributed by atoms with Gasteiger partial charge in [-0.15, -0.1) is 0 Å². The number of likely N-dealkylation sites (N-methyl/N-ethyl adjacent to an activating group) is 1. The van der Waals surface area contributed by atoms with Gasteiger partial charge >= 0.3 is 0 Å². The fourth-order valence-corrected chi connectivity index (χ4v) is 4.05. The largest absolute Gasteiger partial charge is 0.370 e. The molecule has 0 spiro atoms. The van der Waals surface area contributed by atoms with Crippen molar-refractivity contribution in [2.45, 2.75) is 44.8 Å². The van der Waals surface area contributed by atoms with Gasteiger partial charge in [-0.1, -0.05) is 29.8 Å². The first-order valence-corrected chi connectivity index (χ1v) is 11.3. The Balaban J connectivity index is 1.41. The normalized spacial score (nSPS) is 21.0. The number of aromatic nitrogens is 2. The Bertz CT molecular complexity index is 935. The van der Waals surface area contributed by atoms with Gasteiger partial charge in [-0.05, 0) is 31.7 Å². The monoisotopic (exact) mass is 439 g/mol. The van der Waals surface area contributed by atoms with Crippen molar-refractivity contribution in [2.75, 3.05) is 39.2 Å². The summed E-state index contributed by atoms with van der Waals surface area (Å²) < 4.78 is 7.74. The molecule has 8 heteroatoms. The molecule has 172 valence electrons. The van der Waals surface area contributed by atoms with Crippen LogP contribution in [0.3, 0.4) is 0 Å². The van der Waals surface area contributed by atoms with Crippen molar-refractivity contribution in [1.82, 2.24) is 19.6 Å². The highest BCUT2D eigenvalue weighted by molar-refractivity contribution is 5.93. The number of hydrogen-bond acceptors (Lipinski definition) is 5. The lowest BCUT2D eigenvalue weighted by atomic mass is 10.1. The van der Waals surface area contributed by atoms with E-state index in [4.69, 9.17) is 4.74 Å². The molecule has 0 radical (unpaired) electrons. The summed E-state index contributed by atoms with van der Waals surface area (Å²) in [5, 5.41) is 7.49. The minimum atomic E-state index is -0.0345. The summed E-state index contributed by atoms with van der Waals surface area (Å²) >= 11 is 0. The lowest BCUT2D eigenvalue weighted by Crippen LogP contribution is -2.34.